The Balaban J connectivity index is 2.34. The number of nitrogens with zero attached hydrogens (tertiary/aromatic N) is 1. The van der Waals surface area contributed by atoms with Crippen LogP contribution < -0.4 is 11.1 Å². The first-order valence-corrected chi connectivity index (χ1v) is 3.48. The van der Waals surface area contributed by atoms with E-state index in [4.69, 9.17) is 5.73 Å². The molecule has 3 N–H and O–H groups in total. The van der Waals surface area contributed by atoms with E-state index in [-0.39, 0.29) is 6.04 Å². The molecule has 62 valence electrons. The normalized spacial score (nSPS) is 23.3. The fourth-order valence-electron chi connectivity index (χ4n) is 1.19. The zero-order valence-corrected chi connectivity index (χ0v) is 6.12. The van der Waals surface area contributed by atoms with Gasteiger partial charge in [0.2, 0.25) is 6.41 Å². The van der Waals surface area contributed by atoms with Gasteiger partial charge in [0.05, 0.1) is 0 Å². The molecule has 1 saturated heterocycles. The van der Waals surface area contributed by atoms with Gasteiger partial charge >= 0.3 is 6.03 Å². The van der Waals surface area contributed by atoms with Crippen molar-refractivity contribution in [2.24, 2.45) is 5.73 Å². The van der Waals surface area contributed by atoms with E-state index in [0.29, 0.717) is 19.5 Å². The summed E-state index contributed by atoms with van der Waals surface area (Å²) >= 11 is 0. The van der Waals surface area contributed by atoms with Gasteiger partial charge in [0, 0.05) is 19.1 Å². The lowest BCUT2D eigenvalue weighted by molar-refractivity contribution is -0.110. The molecule has 0 aliphatic carbocycles. The van der Waals surface area contributed by atoms with E-state index in [0.717, 1.165) is 6.42 Å². The largest absolute Gasteiger partial charge is 0.354 e. The van der Waals surface area contributed by atoms with Crippen molar-refractivity contribution in [3.8, 4) is 0 Å². The average Bonchev–Trinajstić information content (AvgIpc) is 2.37. The molecule has 1 fully saturated rings. The van der Waals surface area contributed by atoms with Crippen LogP contribution in [0.2, 0.25) is 0 Å². The first kappa shape index (κ1) is 7.84. The fraction of sp³-hybridized carbons (Fsp3) is 0.667. The number of likely N-dealkylation sites (tertiary alicyclic amines) is 1. The summed E-state index contributed by atoms with van der Waals surface area (Å²) < 4.78 is 0. The average molecular weight is 157 g/mol. The lowest BCUT2D eigenvalue weighted by Gasteiger charge is -2.12. The molecule has 5 heteroatoms. The Bertz CT molecular complexity index is 171. The van der Waals surface area contributed by atoms with E-state index in [9.17, 15) is 9.59 Å². The van der Waals surface area contributed by atoms with Gasteiger partial charge in [-0.25, -0.2) is 4.79 Å². The number of carbonyl (C=O) groups excluding carboxylic acids is 2. The van der Waals surface area contributed by atoms with Crippen LogP contribution in [0, 0.1) is 0 Å². The van der Waals surface area contributed by atoms with Crippen molar-refractivity contribution in [1.29, 1.82) is 0 Å². The van der Waals surface area contributed by atoms with E-state index < -0.39 is 6.03 Å². The molecule has 11 heavy (non-hydrogen) atoms. The SMILES string of the molecule is NC(=O)N1CCC(NC=O)C1. The molecule has 1 rings (SSSR count). The molecule has 0 bridgehead atoms. The molecule has 0 aromatic heterocycles. The Hall–Kier alpha value is -1.26. The zero-order valence-electron chi connectivity index (χ0n) is 6.12. The van der Waals surface area contributed by atoms with Gasteiger partial charge in [0.15, 0.2) is 0 Å². The highest BCUT2D eigenvalue weighted by Gasteiger charge is 2.23. The number of rotatable bonds is 2. The second-order valence-electron chi connectivity index (χ2n) is 2.55. The van der Waals surface area contributed by atoms with Crippen molar-refractivity contribution in [3.63, 3.8) is 0 Å². The summed E-state index contributed by atoms with van der Waals surface area (Å²) in [4.78, 5) is 22.1. The molecule has 0 spiro atoms. The van der Waals surface area contributed by atoms with E-state index in [1.165, 1.54) is 4.90 Å². The van der Waals surface area contributed by atoms with Crippen molar-refractivity contribution in [2.45, 2.75) is 12.5 Å². The Kier molecular flexibility index (Phi) is 2.30. The monoisotopic (exact) mass is 157 g/mol. The van der Waals surface area contributed by atoms with E-state index in [1.54, 1.807) is 0 Å². The minimum absolute atomic E-state index is 0.0833. The third-order valence-corrected chi connectivity index (χ3v) is 1.80. The van der Waals surface area contributed by atoms with Crippen molar-refractivity contribution in [1.82, 2.24) is 10.2 Å². The summed E-state index contributed by atoms with van der Waals surface area (Å²) in [5, 5.41) is 2.60. The summed E-state index contributed by atoms with van der Waals surface area (Å²) in [6.45, 7) is 1.18. The molecule has 1 aliphatic rings. The lowest BCUT2D eigenvalue weighted by Crippen LogP contribution is -2.37. The molecule has 0 aromatic carbocycles. The molecule has 5 nitrogen and oxygen atoms in total. The van der Waals surface area contributed by atoms with Crippen molar-refractivity contribution in [2.75, 3.05) is 13.1 Å². The first-order chi connectivity index (χ1) is 5.24. The van der Waals surface area contributed by atoms with Gasteiger partial charge in [0.1, 0.15) is 0 Å². The maximum atomic E-state index is 10.6. The van der Waals surface area contributed by atoms with Crippen LogP contribution in [0.25, 0.3) is 0 Å². The predicted molar refractivity (Wildman–Crippen MR) is 38.8 cm³/mol. The highest BCUT2D eigenvalue weighted by molar-refractivity contribution is 5.72. The number of hydrogen-bond donors (Lipinski definition) is 2. The van der Waals surface area contributed by atoms with Gasteiger partial charge in [-0.3, -0.25) is 4.79 Å². The topological polar surface area (TPSA) is 75.4 Å². The van der Waals surface area contributed by atoms with Gasteiger partial charge in [-0.1, -0.05) is 0 Å². The van der Waals surface area contributed by atoms with Crippen molar-refractivity contribution >= 4 is 12.4 Å². The Morgan fingerprint density at radius 2 is 2.45 bits per heavy atom. The predicted octanol–water partition coefficient (Wildman–Crippen LogP) is -1.11. The number of carbonyl (C=O) groups is 2. The van der Waals surface area contributed by atoms with Crippen LogP contribution in [-0.4, -0.2) is 36.5 Å². The van der Waals surface area contributed by atoms with Crippen LogP contribution in [0.15, 0.2) is 0 Å². The molecule has 0 saturated carbocycles. The molecular weight excluding hydrogens is 146 g/mol. The Labute approximate surface area is 64.5 Å². The number of nitrogens with two attached hydrogens (primary N) is 1. The van der Waals surface area contributed by atoms with E-state index in [2.05, 4.69) is 5.32 Å². The summed E-state index contributed by atoms with van der Waals surface area (Å²) in [5.41, 5.74) is 5.03. The van der Waals surface area contributed by atoms with E-state index in [1.807, 2.05) is 0 Å². The summed E-state index contributed by atoms with van der Waals surface area (Å²) in [7, 11) is 0. The number of amides is 3. The molecule has 1 aliphatic heterocycles. The summed E-state index contributed by atoms with van der Waals surface area (Å²) in [6, 6.07) is -0.333. The minimum Gasteiger partial charge on any atom is -0.354 e. The highest BCUT2D eigenvalue weighted by Crippen LogP contribution is 2.07. The van der Waals surface area contributed by atoms with Gasteiger partial charge < -0.3 is 16.0 Å². The highest BCUT2D eigenvalue weighted by atomic mass is 16.2. The second-order valence-corrected chi connectivity index (χ2v) is 2.55. The Morgan fingerprint density at radius 1 is 1.73 bits per heavy atom. The smallest absolute Gasteiger partial charge is 0.314 e. The van der Waals surface area contributed by atoms with E-state index >= 15 is 0 Å². The van der Waals surface area contributed by atoms with Crippen molar-refractivity contribution in [3.05, 3.63) is 0 Å². The van der Waals surface area contributed by atoms with Crippen LogP contribution in [0.3, 0.4) is 0 Å². The van der Waals surface area contributed by atoms with Gasteiger partial charge in [-0.15, -0.1) is 0 Å². The number of nitrogens with one attached hydrogen (secondary N) is 1. The third kappa shape index (κ3) is 1.83. The maximum Gasteiger partial charge on any atom is 0.314 e. The van der Waals surface area contributed by atoms with Crippen LogP contribution in [0.1, 0.15) is 6.42 Å². The molecular formula is C6H11N3O2. The third-order valence-electron chi connectivity index (χ3n) is 1.80. The number of hydrogen-bond acceptors (Lipinski definition) is 2. The summed E-state index contributed by atoms with van der Waals surface area (Å²) in [5.74, 6) is 0. The lowest BCUT2D eigenvalue weighted by atomic mass is 10.3. The van der Waals surface area contributed by atoms with Crippen LogP contribution in [0.4, 0.5) is 4.79 Å². The van der Waals surface area contributed by atoms with Crippen LogP contribution >= 0.6 is 0 Å². The molecule has 1 atom stereocenters. The fourth-order valence-corrected chi connectivity index (χ4v) is 1.19. The zero-order chi connectivity index (χ0) is 8.27. The molecule has 1 heterocycles. The second kappa shape index (κ2) is 3.23. The maximum absolute atomic E-state index is 10.6. The van der Waals surface area contributed by atoms with Gasteiger partial charge in [-0.05, 0) is 6.42 Å². The van der Waals surface area contributed by atoms with Gasteiger partial charge in [0.25, 0.3) is 0 Å². The number of urea groups is 1. The molecule has 3 amide bonds. The minimum atomic E-state index is -0.416. The van der Waals surface area contributed by atoms with Gasteiger partial charge in [-0.2, -0.15) is 0 Å². The van der Waals surface area contributed by atoms with Crippen LogP contribution in [0.5, 0.6) is 0 Å². The van der Waals surface area contributed by atoms with Crippen LogP contribution in [-0.2, 0) is 4.79 Å². The summed E-state index contributed by atoms with van der Waals surface area (Å²) in [6.07, 6.45) is 1.44. The molecule has 1 unspecified atom stereocenters. The Morgan fingerprint density at radius 3 is 2.91 bits per heavy atom. The quantitative estimate of drug-likeness (QED) is 0.498. The molecule has 0 radical (unpaired) electrons. The number of primary amides is 1. The first-order valence-electron chi connectivity index (χ1n) is 3.48. The van der Waals surface area contributed by atoms with Crippen molar-refractivity contribution < 1.29 is 9.59 Å². The standard InChI is InChI=1S/C6H11N3O2/c7-6(11)9-2-1-5(3-9)8-4-10/h4-5H,1-3H2,(H2,7,11)(H,8,10). The molecule has 0 aromatic rings.